The molecule has 9 nitrogen and oxygen atoms in total. The van der Waals surface area contributed by atoms with Crippen molar-refractivity contribution in [2.24, 2.45) is 5.92 Å². The normalized spacial score (nSPS) is 16.7. The third-order valence-corrected chi connectivity index (χ3v) is 13.3. The number of carbonyl (C=O) groups is 2. The van der Waals surface area contributed by atoms with Gasteiger partial charge in [-0.2, -0.15) is 0 Å². The lowest BCUT2D eigenvalue weighted by Gasteiger charge is -2.40. The second-order valence-electron chi connectivity index (χ2n) is 18.9. The predicted molar refractivity (Wildman–Crippen MR) is 278 cm³/mol. The smallest absolute Gasteiger partial charge is 0.338 e. The van der Waals surface area contributed by atoms with Gasteiger partial charge in [0.1, 0.15) is 11.5 Å². The number of hydrogen-bond acceptors (Lipinski definition) is 9. The van der Waals surface area contributed by atoms with Crippen LogP contribution in [0.4, 0.5) is 0 Å². The van der Waals surface area contributed by atoms with Gasteiger partial charge in [0, 0.05) is 12.3 Å². The van der Waals surface area contributed by atoms with E-state index in [9.17, 15) is 14.7 Å². The Labute approximate surface area is 415 Å². The molecule has 1 aliphatic rings. The Balaban J connectivity index is 0.905. The van der Waals surface area contributed by atoms with Gasteiger partial charge in [0.25, 0.3) is 0 Å². The van der Waals surface area contributed by atoms with Gasteiger partial charge in [0.2, 0.25) is 0 Å². The summed E-state index contributed by atoms with van der Waals surface area (Å²) in [6, 6.07) is 31.4. The quantitative estimate of drug-likeness (QED) is 0.0361. The van der Waals surface area contributed by atoms with Crippen LogP contribution in [0, 0.1) is 5.92 Å². The lowest BCUT2D eigenvalue weighted by molar-refractivity contribution is -0.269. The molecule has 1 aliphatic heterocycles. The van der Waals surface area contributed by atoms with Gasteiger partial charge in [-0.15, -0.1) is 0 Å². The standard InChI is InChI=1S/C60H84O9/c1-5-54-45-57(44-46(4)61)69-60(68-54)53(25-21-17-13-11-15-19-23-43-67-56-40-36-50(37-41-56)48-28-32-52(33-29-48)59(63)65-7-3)24-20-16-12-9-8-10-14-18-22-42-66-55-38-34-49(35-39-55)47-26-30-51(31-27-47)58(62)64-6-2/h26-41,46,53-54,57,60-61H,5-25,42-45H2,1-4H3. The molecule has 0 aliphatic carbocycles. The third kappa shape index (κ3) is 20.7. The van der Waals surface area contributed by atoms with E-state index in [-0.39, 0.29) is 36.5 Å². The van der Waals surface area contributed by atoms with Gasteiger partial charge in [-0.3, -0.25) is 0 Å². The molecule has 0 aromatic heterocycles. The van der Waals surface area contributed by atoms with E-state index in [1.165, 1.54) is 89.9 Å². The van der Waals surface area contributed by atoms with E-state index in [1.54, 1.807) is 0 Å². The number of hydrogen-bond donors (Lipinski definition) is 1. The molecule has 5 rings (SSSR count). The molecule has 0 spiro atoms. The first-order valence-electron chi connectivity index (χ1n) is 26.8. The van der Waals surface area contributed by atoms with Crippen molar-refractivity contribution in [1.29, 1.82) is 0 Å². The van der Waals surface area contributed by atoms with Gasteiger partial charge in [0.15, 0.2) is 6.29 Å². The number of aliphatic hydroxyl groups is 1. The van der Waals surface area contributed by atoms with Crippen molar-refractivity contribution in [3.05, 3.63) is 108 Å². The zero-order valence-corrected chi connectivity index (χ0v) is 42.5. The van der Waals surface area contributed by atoms with Crippen molar-refractivity contribution in [1.82, 2.24) is 0 Å². The number of ether oxygens (including phenoxy) is 6. The Morgan fingerprint density at radius 1 is 0.507 bits per heavy atom. The van der Waals surface area contributed by atoms with Crippen LogP contribution in [-0.2, 0) is 18.9 Å². The van der Waals surface area contributed by atoms with Gasteiger partial charge < -0.3 is 33.5 Å². The highest BCUT2D eigenvalue weighted by Crippen LogP contribution is 2.33. The van der Waals surface area contributed by atoms with E-state index in [0.29, 0.717) is 36.7 Å². The lowest BCUT2D eigenvalue weighted by Crippen LogP contribution is -2.43. The van der Waals surface area contributed by atoms with E-state index in [0.717, 1.165) is 85.5 Å². The highest BCUT2D eigenvalue weighted by Gasteiger charge is 2.34. The third-order valence-electron chi connectivity index (χ3n) is 13.3. The molecule has 5 unspecified atom stereocenters. The second-order valence-corrected chi connectivity index (χ2v) is 18.9. The van der Waals surface area contributed by atoms with Crippen LogP contribution in [0.25, 0.3) is 22.3 Å². The summed E-state index contributed by atoms with van der Waals surface area (Å²) < 4.78 is 35.4. The van der Waals surface area contributed by atoms with E-state index in [2.05, 4.69) is 31.2 Å². The molecule has 1 heterocycles. The summed E-state index contributed by atoms with van der Waals surface area (Å²) in [4.78, 5) is 23.9. The highest BCUT2D eigenvalue weighted by atomic mass is 16.7. The Morgan fingerprint density at radius 2 is 0.855 bits per heavy atom. The van der Waals surface area contributed by atoms with Crippen molar-refractivity contribution in [2.45, 2.75) is 187 Å². The summed E-state index contributed by atoms with van der Waals surface area (Å²) in [7, 11) is 0. The molecule has 69 heavy (non-hydrogen) atoms. The summed E-state index contributed by atoms with van der Waals surface area (Å²) in [6.07, 6.45) is 24.1. The fourth-order valence-corrected chi connectivity index (χ4v) is 9.28. The molecular formula is C60H84O9. The van der Waals surface area contributed by atoms with Crippen LogP contribution >= 0.6 is 0 Å². The fourth-order valence-electron chi connectivity index (χ4n) is 9.28. The number of benzene rings is 4. The van der Waals surface area contributed by atoms with Gasteiger partial charge in [-0.1, -0.05) is 145 Å². The zero-order chi connectivity index (χ0) is 48.9. The SMILES string of the molecule is CCOC(=O)c1ccc(-c2ccc(OCCCCCCCCCCCC(CCCCCCCCCOc3ccc(-c4ccc(C(=O)OCC)cc4)cc3)C3OC(CC)CC(CC(C)O)O3)cc2)cc1. The molecule has 4 aromatic carbocycles. The molecule has 4 aromatic rings. The molecule has 378 valence electrons. The Bertz CT molecular complexity index is 1980. The van der Waals surface area contributed by atoms with E-state index in [4.69, 9.17) is 28.4 Å². The van der Waals surface area contributed by atoms with Crippen LogP contribution in [0.3, 0.4) is 0 Å². The number of esters is 2. The summed E-state index contributed by atoms with van der Waals surface area (Å²) in [5.41, 5.74) is 5.41. The lowest BCUT2D eigenvalue weighted by atomic mass is 9.92. The van der Waals surface area contributed by atoms with Crippen LogP contribution in [-0.4, -0.2) is 68.1 Å². The number of aliphatic hydroxyl groups excluding tert-OH is 1. The van der Waals surface area contributed by atoms with Crippen molar-refractivity contribution >= 4 is 11.9 Å². The maximum atomic E-state index is 12.0. The molecular weight excluding hydrogens is 865 g/mol. The molecule has 9 heteroatoms. The van der Waals surface area contributed by atoms with Crippen molar-refractivity contribution in [3.63, 3.8) is 0 Å². The molecule has 0 bridgehead atoms. The zero-order valence-electron chi connectivity index (χ0n) is 42.5. The van der Waals surface area contributed by atoms with Crippen LogP contribution in [0.5, 0.6) is 11.5 Å². The maximum Gasteiger partial charge on any atom is 0.338 e. The molecule has 1 N–H and O–H groups in total. The van der Waals surface area contributed by atoms with E-state index >= 15 is 0 Å². The summed E-state index contributed by atoms with van der Waals surface area (Å²) in [5, 5.41) is 10.2. The Hall–Kier alpha value is -4.70. The van der Waals surface area contributed by atoms with Crippen LogP contribution in [0.2, 0.25) is 0 Å². The Morgan fingerprint density at radius 3 is 1.22 bits per heavy atom. The predicted octanol–water partition coefficient (Wildman–Crippen LogP) is 15.2. The van der Waals surface area contributed by atoms with E-state index in [1.807, 2.05) is 93.6 Å². The molecule has 0 saturated carbocycles. The number of carbonyl (C=O) groups excluding carboxylic acids is 2. The summed E-state index contributed by atoms with van der Waals surface area (Å²) in [5.74, 6) is 1.59. The van der Waals surface area contributed by atoms with Gasteiger partial charge in [-0.05, 0) is 130 Å². The van der Waals surface area contributed by atoms with Gasteiger partial charge in [-0.25, -0.2) is 9.59 Å². The molecule has 0 radical (unpaired) electrons. The average Bonchev–Trinajstić information content (AvgIpc) is 3.36. The first-order valence-corrected chi connectivity index (χ1v) is 26.8. The van der Waals surface area contributed by atoms with Gasteiger partial charge in [0.05, 0.1) is 55.9 Å². The monoisotopic (exact) mass is 949 g/mol. The molecule has 0 amide bonds. The summed E-state index contributed by atoms with van der Waals surface area (Å²) in [6.45, 7) is 9.89. The minimum absolute atomic E-state index is 0.0669. The molecule has 1 fully saturated rings. The summed E-state index contributed by atoms with van der Waals surface area (Å²) >= 11 is 0. The number of rotatable bonds is 34. The van der Waals surface area contributed by atoms with Crippen molar-refractivity contribution in [3.8, 4) is 33.8 Å². The second kappa shape index (κ2) is 32.2. The van der Waals surface area contributed by atoms with E-state index < -0.39 is 0 Å². The largest absolute Gasteiger partial charge is 0.494 e. The molecule has 5 atom stereocenters. The minimum Gasteiger partial charge on any atom is -0.494 e. The van der Waals surface area contributed by atoms with Crippen molar-refractivity contribution < 1.29 is 43.1 Å². The minimum atomic E-state index is -0.367. The average molecular weight is 949 g/mol. The van der Waals surface area contributed by atoms with Crippen LogP contribution in [0.1, 0.15) is 183 Å². The first-order chi connectivity index (χ1) is 33.8. The van der Waals surface area contributed by atoms with Crippen LogP contribution in [0.15, 0.2) is 97.1 Å². The first kappa shape index (κ1) is 55.2. The number of unbranched alkanes of at least 4 members (excludes halogenated alkanes) is 14. The topological polar surface area (TPSA) is 110 Å². The maximum absolute atomic E-state index is 12.0. The van der Waals surface area contributed by atoms with Crippen molar-refractivity contribution in [2.75, 3.05) is 26.4 Å². The van der Waals surface area contributed by atoms with Crippen LogP contribution < -0.4 is 9.47 Å². The fraction of sp³-hybridized carbons (Fsp3) is 0.567. The molecule has 1 saturated heterocycles. The van der Waals surface area contributed by atoms with Gasteiger partial charge >= 0.3 is 11.9 Å². The Kier molecular flexibility index (Phi) is 25.8. The highest BCUT2D eigenvalue weighted by molar-refractivity contribution is 5.90.